The fourth-order valence-electron chi connectivity index (χ4n) is 2.35. The lowest BCUT2D eigenvalue weighted by Gasteiger charge is -2.15. The molecule has 128 valence electrons. The number of anilines is 1. The molecule has 2 rings (SSSR count). The molecular weight excluding hydrogens is 310 g/mol. The summed E-state index contributed by atoms with van der Waals surface area (Å²) >= 11 is 0. The molecule has 0 fully saturated rings. The van der Waals surface area contributed by atoms with Crippen LogP contribution >= 0.6 is 0 Å². The predicted octanol–water partition coefficient (Wildman–Crippen LogP) is 2.10. The first-order chi connectivity index (χ1) is 11.3. The van der Waals surface area contributed by atoms with Crippen LogP contribution < -0.4 is 5.32 Å². The Morgan fingerprint density at radius 3 is 2.79 bits per heavy atom. The van der Waals surface area contributed by atoms with Gasteiger partial charge in [-0.05, 0) is 25.6 Å². The molecule has 0 atom stereocenters. The lowest BCUT2D eigenvalue weighted by molar-refractivity contribution is -0.384. The van der Waals surface area contributed by atoms with E-state index in [1.165, 1.54) is 12.1 Å². The standard InChI is InChI=1S/C16H21N5O3/c1-12-8-14(21(23)24)4-5-15(12)18-16(22)6-7-19(2)10-13-9-17-20(3)11-13/h4-5,8-9,11H,6-7,10H2,1-3H3,(H,18,22). The van der Waals surface area contributed by atoms with E-state index in [2.05, 4.69) is 10.4 Å². The number of amides is 1. The maximum atomic E-state index is 12.1. The Bertz CT molecular complexity index is 741. The van der Waals surface area contributed by atoms with Gasteiger partial charge in [0.15, 0.2) is 0 Å². The van der Waals surface area contributed by atoms with Gasteiger partial charge in [-0.25, -0.2) is 0 Å². The van der Waals surface area contributed by atoms with Gasteiger partial charge in [0.05, 0.1) is 11.1 Å². The van der Waals surface area contributed by atoms with Crippen LogP contribution in [0, 0.1) is 17.0 Å². The second-order valence-electron chi connectivity index (χ2n) is 5.81. The number of aryl methyl sites for hydroxylation is 2. The molecule has 2 aromatic rings. The largest absolute Gasteiger partial charge is 0.326 e. The fourth-order valence-corrected chi connectivity index (χ4v) is 2.35. The predicted molar refractivity (Wildman–Crippen MR) is 90.6 cm³/mol. The lowest BCUT2D eigenvalue weighted by atomic mass is 10.1. The first-order valence-electron chi connectivity index (χ1n) is 7.56. The first kappa shape index (κ1) is 17.6. The Morgan fingerprint density at radius 2 is 2.21 bits per heavy atom. The highest BCUT2D eigenvalue weighted by Crippen LogP contribution is 2.21. The molecular formula is C16H21N5O3. The molecule has 0 bridgehead atoms. The second kappa shape index (κ2) is 7.69. The normalized spacial score (nSPS) is 10.8. The van der Waals surface area contributed by atoms with E-state index in [0.717, 1.165) is 12.1 Å². The molecule has 0 unspecified atom stereocenters. The lowest BCUT2D eigenvalue weighted by Crippen LogP contribution is -2.24. The molecule has 0 aliphatic carbocycles. The van der Waals surface area contributed by atoms with Crippen molar-refractivity contribution in [2.24, 2.45) is 7.05 Å². The van der Waals surface area contributed by atoms with Gasteiger partial charge < -0.3 is 10.2 Å². The van der Waals surface area contributed by atoms with Gasteiger partial charge in [0, 0.05) is 56.1 Å². The second-order valence-corrected chi connectivity index (χ2v) is 5.81. The van der Waals surface area contributed by atoms with E-state index in [9.17, 15) is 14.9 Å². The maximum absolute atomic E-state index is 12.1. The summed E-state index contributed by atoms with van der Waals surface area (Å²) in [7, 11) is 3.81. The summed E-state index contributed by atoms with van der Waals surface area (Å²) in [6.07, 6.45) is 4.08. The number of nitrogens with zero attached hydrogens (tertiary/aromatic N) is 4. The van der Waals surface area contributed by atoms with Crippen LogP contribution in [0.3, 0.4) is 0 Å². The summed E-state index contributed by atoms with van der Waals surface area (Å²) in [5.41, 5.74) is 2.37. The summed E-state index contributed by atoms with van der Waals surface area (Å²) in [5.74, 6) is -0.120. The first-order valence-corrected chi connectivity index (χ1v) is 7.56. The molecule has 0 radical (unpaired) electrons. The van der Waals surface area contributed by atoms with Gasteiger partial charge in [0.25, 0.3) is 5.69 Å². The zero-order chi connectivity index (χ0) is 17.7. The Balaban J connectivity index is 1.83. The minimum absolute atomic E-state index is 0.0155. The highest BCUT2D eigenvalue weighted by molar-refractivity contribution is 5.91. The minimum atomic E-state index is -0.452. The van der Waals surface area contributed by atoms with E-state index in [1.807, 2.05) is 25.2 Å². The molecule has 1 heterocycles. The van der Waals surface area contributed by atoms with Crippen molar-refractivity contribution < 1.29 is 9.72 Å². The van der Waals surface area contributed by atoms with Crippen molar-refractivity contribution in [2.45, 2.75) is 19.9 Å². The Kier molecular flexibility index (Phi) is 5.64. The zero-order valence-corrected chi connectivity index (χ0v) is 14.0. The molecule has 0 spiro atoms. The molecule has 8 nitrogen and oxygen atoms in total. The summed E-state index contributed by atoms with van der Waals surface area (Å²) in [5, 5.41) is 17.6. The third-order valence-electron chi connectivity index (χ3n) is 3.63. The van der Waals surface area contributed by atoms with E-state index in [1.54, 1.807) is 23.9 Å². The SMILES string of the molecule is Cc1cc([N+](=O)[O-])ccc1NC(=O)CCN(C)Cc1cnn(C)c1. The van der Waals surface area contributed by atoms with E-state index in [4.69, 9.17) is 0 Å². The molecule has 1 aromatic carbocycles. The monoisotopic (exact) mass is 331 g/mol. The molecule has 0 saturated heterocycles. The van der Waals surface area contributed by atoms with Gasteiger partial charge >= 0.3 is 0 Å². The van der Waals surface area contributed by atoms with Gasteiger partial charge in [0.2, 0.25) is 5.91 Å². The zero-order valence-electron chi connectivity index (χ0n) is 14.0. The van der Waals surface area contributed by atoms with E-state index in [-0.39, 0.29) is 11.6 Å². The number of carbonyl (C=O) groups excluding carboxylic acids is 1. The number of non-ortho nitro benzene ring substituents is 1. The molecule has 1 aromatic heterocycles. The molecule has 0 aliphatic rings. The van der Waals surface area contributed by atoms with Crippen molar-refractivity contribution in [3.63, 3.8) is 0 Å². The van der Waals surface area contributed by atoms with E-state index in [0.29, 0.717) is 24.2 Å². The molecule has 24 heavy (non-hydrogen) atoms. The van der Waals surface area contributed by atoms with Crippen LogP contribution in [-0.2, 0) is 18.4 Å². The maximum Gasteiger partial charge on any atom is 0.269 e. The van der Waals surface area contributed by atoms with Crippen LogP contribution in [0.2, 0.25) is 0 Å². The number of carbonyl (C=O) groups is 1. The van der Waals surface area contributed by atoms with Crippen molar-refractivity contribution in [1.29, 1.82) is 0 Å². The number of hydrogen-bond acceptors (Lipinski definition) is 5. The third-order valence-corrected chi connectivity index (χ3v) is 3.63. The van der Waals surface area contributed by atoms with Crippen LogP contribution in [0.4, 0.5) is 11.4 Å². The Hall–Kier alpha value is -2.74. The van der Waals surface area contributed by atoms with Gasteiger partial charge in [-0.2, -0.15) is 5.10 Å². The average molecular weight is 331 g/mol. The number of nitro benzene ring substituents is 1. The number of aromatic nitrogens is 2. The topological polar surface area (TPSA) is 93.3 Å². The van der Waals surface area contributed by atoms with Crippen LogP contribution in [-0.4, -0.2) is 39.1 Å². The van der Waals surface area contributed by atoms with Gasteiger partial charge in [0.1, 0.15) is 0 Å². The number of hydrogen-bond donors (Lipinski definition) is 1. The molecule has 0 saturated carbocycles. The average Bonchev–Trinajstić information content (AvgIpc) is 2.92. The molecule has 1 amide bonds. The van der Waals surface area contributed by atoms with Crippen molar-refractivity contribution in [1.82, 2.24) is 14.7 Å². The van der Waals surface area contributed by atoms with Gasteiger partial charge in [-0.15, -0.1) is 0 Å². The number of nitrogens with one attached hydrogen (secondary N) is 1. The Labute approximate surface area is 140 Å². The smallest absolute Gasteiger partial charge is 0.269 e. The molecule has 0 aliphatic heterocycles. The third kappa shape index (κ3) is 4.88. The molecule has 8 heteroatoms. The Morgan fingerprint density at radius 1 is 1.46 bits per heavy atom. The summed E-state index contributed by atoms with van der Waals surface area (Å²) < 4.78 is 1.74. The number of nitro groups is 1. The van der Waals surface area contributed by atoms with Crippen molar-refractivity contribution in [3.8, 4) is 0 Å². The summed E-state index contributed by atoms with van der Waals surface area (Å²) in [4.78, 5) is 24.4. The van der Waals surface area contributed by atoms with Gasteiger partial charge in [-0.3, -0.25) is 19.6 Å². The number of benzene rings is 1. The van der Waals surface area contributed by atoms with Crippen LogP contribution in [0.5, 0.6) is 0 Å². The van der Waals surface area contributed by atoms with E-state index < -0.39 is 4.92 Å². The summed E-state index contributed by atoms with van der Waals surface area (Å²) in [6.45, 7) is 3.06. The van der Waals surface area contributed by atoms with Crippen LogP contribution in [0.1, 0.15) is 17.5 Å². The van der Waals surface area contributed by atoms with Crippen LogP contribution in [0.15, 0.2) is 30.6 Å². The van der Waals surface area contributed by atoms with Gasteiger partial charge in [-0.1, -0.05) is 0 Å². The highest BCUT2D eigenvalue weighted by atomic mass is 16.6. The quantitative estimate of drug-likeness (QED) is 0.619. The minimum Gasteiger partial charge on any atom is -0.326 e. The fraction of sp³-hybridized carbons (Fsp3) is 0.375. The van der Waals surface area contributed by atoms with Crippen molar-refractivity contribution >= 4 is 17.3 Å². The van der Waals surface area contributed by atoms with Crippen LogP contribution in [0.25, 0.3) is 0 Å². The molecule has 1 N–H and O–H groups in total. The summed E-state index contributed by atoms with van der Waals surface area (Å²) in [6, 6.07) is 4.39. The van der Waals surface area contributed by atoms with E-state index >= 15 is 0 Å². The van der Waals surface area contributed by atoms with Crippen molar-refractivity contribution in [2.75, 3.05) is 18.9 Å². The van der Waals surface area contributed by atoms with Crippen molar-refractivity contribution in [3.05, 3.63) is 51.8 Å². The highest BCUT2D eigenvalue weighted by Gasteiger charge is 2.11. The number of rotatable bonds is 7.